The Morgan fingerprint density at radius 3 is 2.32 bits per heavy atom. The van der Waals surface area contributed by atoms with E-state index >= 15 is 0 Å². The minimum Gasteiger partial charge on any atom is -0.508 e. The van der Waals surface area contributed by atoms with Gasteiger partial charge < -0.3 is 5.11 Å². The van der Waals surface area contributed by atoms with Crippen molar-refractivity contribution in [3.8, 4) is 5.75 Å². The summed E-state index contributed by atoms with van der Waals surface area (Å²) in [4.78, 5) is 0.0168. The van der Waals surface area contributed by atoms with Crippen LogP contribution in [0.15, 0.2) is 51.8 Å². The Morgan fingerprint density at radius 1 is 1.11 bits per heavy atom. The lowest BCUT2D eigenvalue weighted by atomic mass is 10.3. The molecule has 0 saturated heterocycles. The van der Waals surface area contributed by atoms with E-state index in [4.69, 9.17) is 5.11 Å². The number of sulfonamides is 1. The van der Waals surface area contributed by atoms with Crippen LogP contribution in [0, 0.1) is 5.82 Å². The molecule has 0 spiro atoms. The molecule has 0 fully saturated rings. The Hall–Kier alpha value is -1.60. The normalized spacial score (nSPS) is 11.3. The summed E-state index contributed by atoms with van der Waals surface area (Å²) < 4.78 is 40.3. The zero-order valence-electron chi connectivity index (χ0n) is 9.47. The summed E-state index contributed by atoms with van der Waals surface area (Å²) in [5, 5.41) is 9.06. The van der Waals surface area contributed by atoms with Crippen molar-refractivity contribution < 1.29 is 17.9 Å². The van der Waals surface area contributed by atoms with E-state index in [0.717, 1.165) is 16.6 Å². The largest absolute Gasteiger partial charge is 0.508 e. The summed E-state index contributed by atoms with van der Waals surface area (Å²) >= 11 is 3.20. The Kier molecular flexibility index (Phi) is 3.77. The third-order valence-electron chi connectivity index (χ3n) is 2.32. The summed E-state index contributed by atoms with van der Waals surface area (Å²) in [7, 11) is -3.86. The molecule has 0 aromatic heterocycles. The highest BCUT2D eigenvalue weighted by atomic mass is 79.9. The highest BCUT2D eigenvalue weighted by molar-refractivity contribution is 9.10. The maximum absolute atomic E-state index is 13.5. The first kappa shape index (κ1) is 13.8. The van der Waals surface area contributed by atoms with Crippen LogP contribution in [0.3, 0.4) is 0 Å². The lowest BCUT2D eigenvalue weighted by molar-refractivity contribution is 0.469. The van der Waals surface area contributed by atoms with E-state index in [-0.39, 0.29) is 16.3 Å². The molecule has 0 amide bonds. The highest BCUT2D eigenvalue weighted by Crippen LogP contribution is 2.23. The number of hydrogen-bond donors (Lipinski definition) is 2. The van der Waals surface area contributed by atoms with Gasteiger partial charge in [-0.2, -0.15) is 0 Å². The van der Waals surface area contributed by atoms with Gasteiger partial charge in [-0.3, -0.25) is 4.72 Å². The zero-order chi connectivity index (χ0) is 14.0. The number of hydrogen-bond acceptors (Lipinski definition) is 3. The van der Waals surface area contributed by atoms with Crippen molar-refractivity contribution in [2.45, 2.75) is 4.90 Å². The van der Waals surface area contributed by atoms with Crippen LogP contribution in [0.2, 0.25) is 0 Å². The molecule has 0 aliphatic heterocycles. The molecular formula is C12H9BrFNO3S. The third-order valence-corrected chi connectivity index (χ3v) is 4.23. The number of halogens is 2. The smallest absolute Gasteiger partial charge is 0.261 e. The molecule has 7 heteroatoms. The Labute approximate surface area is 118 Å². The van der Waals surface area contributed by atoms with Gasteiger partial charge in [0.2, 0.25) is 0 Å². The minimum absolute atomic E-state index is 0.0168. The molecule has 2 aromatic rings. The predicted molar refractivity (Wildman–Crippen MR) is 73.0 cm³/mol. The van der Waals surface area contributed by atoms with Crippen LogP contribution in [0.5, 0.6) is 5.75 Å². The summed E-state index contributed by atoms with van der Waals surface area (Å²) in [5.74, 6) is -1.12. The molecular weight excluding hydrogens is 337 g/mol. The average molecular weight is 346 g/mol. The van der Waals surface area contributed by atoms with E-state index in [0.29, 0.717) is 0 Å². The Morgan fingerprint density at radius 2 is 1.74 bits per heavy atom. The molecule has 0 bridgehead atoms. The SMILES string of the molecule is O=S(=O)(Nc1ccc(O)cc1F)c1ccc(Br)cc1. The van der Waals surface area contributed by atoms with Gasteiger partial charge in [0.25, 0.3) is 10.0 Å². The van der Waals surface area contributed by atoms with Gasteiger partial charge in [0, 0.05) is 10.5 Å². The lowest BCUT2D eigenvalue weighted by Gasteiger charge is -2.09. The molecule has 100 valence electrons. The van der Waals surface area contributed by atoms with Crippen LogP contribution < -0.4 is 4.72 Å². The van der Waals surface area contributed by atoms with Gasteiger partial charge in [0.1, 0.15) is 5.75 Å². The first-order valence-corrected chi connectivity index (χ1v) is 7.43. The Bertz CT molecular complexity index is 701. The van der Waals surface area contributed by atoms with E-state index in [1.54, 1.807) is 12.1 Å². The molecule has 19 heavy (non-hydrogen) atoms. The highest BCUT2D eigenvalue weighted by Gasteiger charge is 2.16. The number of benzene rings is 2. The second kappa shape index (κ2) is 5.18. The maximum atomic E-state index is 13.5. The van der Waals surface area contributed by atoms with Gasteiger partial charge in [-0.05, 0) is 36.4 Å². The van der Waals surface area contributed by atoms with Crippen LogP contribution in [0.1, 0.15) is 0 Å². The van der Waals surface area contributed by atoms with Gasteiger partial charge in [-0.15, -0.1) is 0 Å². The first-order valence-electron chi connectivity index (χ1n) is 5.15. The number of nitrogens with one attached hydrogen (secondary N) is 1. The van der Waals surface area contributed by atoms with E-state index < -0.39 is 15.8 Å². The van der Waals surface area contributed by atoms with Crippen LogP contribution >= 0.6 is 15.9 Å². The maximum Gasteiger partial charge on any atom is 0.261 e. The van der Waals surface area contributed by atoms with Gasteiger partial charge in [-0.1, -0.05) is 15.9 Å². The molecule has 0 heterocycles. The molecule has 2 rings (SSSR count). The number of anilines is 1. The second-order valence-electron chi connectivity index (χ2n) is 3.72. The molecule has 0 unspecified atom stereocenters. The molecule has 0 atom stereocenters. The number of aromatic hydroxyl groups is 1. The monoisotopic (exact) mass is 345 g/mol. The zero-order valence-corrected chi connectivity index (χ0v) is 11.9. The predicted octanol–water partition coefficient (Wildman–Crippen LogP) is 3.09. The van der Waals surface area contributed by atoms with Gasteiger partial charge in [0.15, 0.2) is 5.82 Å². The fourth-order valence-electron chi connectivity index (χ4n) is 1.40. The van der Waals surface area contributed by atoms with Gasteiger partial charge >= 0.3 is 0 Å². The molecule has 0 aliphatic rings. The number of phenols is 1. The quantitative estimate of drug-likeness (QED) is 0.840. The van der Waals surface area contributed by atoms with Crippen LogP contribution in [-0.2, 0) is 10.0 Å². The van der Waals surface area contributed by atoms with Crippen molar-refractivity contribution in [2.24, 2.45) is 0 Å². The molecule has 0 aliphatic carbocycles. The topological polar surface area (TPSA) is 66.4 Å². The molecule has 2 N–H and O–H groups in total. The van der Waals surface area contributed by atoms with Crippen molar-refractivity contribution in [1.29, 1.82) is 0 Å². The van der Waals surface area contributed by atoms with E-state index in [9.17, 15) is 12.8 Å². The van der Waals surface area contributed by atoms with Crippen LogP contribution in [-0.4, -0.2) is 13.5 Å². The standard InChI is InChI=1S/C12H9BrFNO3S/c13-8-1-4-10(5-2-8)19(17,18)15-12-6-3-9(16)7-11(12)14/h1-7,15-16H. The van der Waals surface area contributed by atoms with Crippen molar-refractivity contribution >= 4 is 31.6 Å². The van der Waals surface area contributed by atoms with Gasteiger partial charge in [0.05, 0.1) is 10.6 Å². The summed E-state index contributed by atoms with van der Waals surface area (Å²) in [6.45, 7) is 0. The van der Waals surface area contributed by atoms with E-state index in [1.807, 2.05) is 0 Å². The van der Waals surface area contributed by atoms with E-state index in [1.165, 1.54) is 18.2 Å². The fraction of sp³-hybridized carbons (Fsp3) is 0. The first-order chi connectivity index (χ1) is 8.88. The van der Waals surface area contributed by atoms with Gasteiger partial charge in [-0.25, -0.2) is 12.8 Å². The van der Waals surface area contributed by atoms with Crippen LogP contribution in [0.4, 0.5) is 10.1 Å². The summed E-state index contributed by atoms with van der Waals surface area (Å²) in [6.07, 6.45) is 0. The van der Waals surface area contributed by atoms with Crippen molar-refractivity contribution in [3.05, 3.63) is 52.8 Å². The summed E-state index contributed by atoms with van der Waals surface area (Å²) in [6, 6.07) is 9.11. The molecule has 4 nitrogen and oxygen atoms in total. The molecule has 2 aromatic carbocycles. The average Bonchev–Trinajstić information content (AvgIpc) is 2.33. The van der Waals surface area contributed by atoms with E-state index in [2.05, 4.69) is 20.7 Å². The molecule has 0 saturated carbocycles. The number of phenolic OH excluding ortho intramolecular Hbond substituents is 1. The van der Waals surface area contributed by atoms with Crippen molar-refractivity contribution in [3.63, 3.8) is 0 Å². The summed E-state index contributed by atoms with van der Waals surface area (Å²) in [5.41, 5.74) is -0.222. The minimum atomic E-state index is -3.86. The van der Waals surface area contributed by atoms with Crippen molar-refractivity contribution in [2.75, 3.05) is 4.72 Å². The van der Waals surface area contributed by atoms with Crippen molar-refractivity contribution in [1.82, 2.24) is 0 Å². The fourth-order valence-corrected chi connectivity index (χ4v) is 2.74. The second-order valence-corrected chi connectivity index (χ2v) is 6.32. The third kappa shape index (κ3) is 3.24. The molecule has 0 radical (unpaired) electrons. The Balaban J connectivity index is 2.33. The lowest BCUT2D eigenvalue weighted by Crippen LogP contribution is -2.13. The van der Waals surface area contributed by atoms with Crippen LogP contribution in [0.25, 0.3) is 0 Å². The number of rotatable bonds is 3.